The lowest BCUT2D eigenvalue weighted by molar-refractivity contribution is 0.155. The molecule has 0 aliphatic carbocycles. The summed E-state index contributed by atoms with van der Waals surface area (Å²) in [5.41, 5.74) is 1.71. The minimum Gasteiger partial charge on any atom is -0.490 e. The van der Waals surface area contributed by atoms with E-state index in [0.717, 1.165) is 17.0 Å². The van der Waals surface area contributed by atoms with Crippen LogP contribution in [0, 0.1) is 6.92 Å². The predicted octanol–water partition coefficient (Wildman–Crippen LogP) is 2.76. The fourth-order valence-corrected chi connectivity index (χ4v) is 2.73. The van der Waals surface area contributed by atoms with Gasteiger partial charge in [-0.1, -0.05) is 13.8 Å². The van der Waals surface area contributed by atoms with Crippen molar-refractivity contribution < 1.29 is 9.94 Å². The Morgan fingerprint density at radius 1 is 1.36 bits per heavy atom. The van der Waals surface area contributed by atoms with E-state index >= 15 is 0 Å². The van der Waals surface area contributed by atoms with Gasteiger partial charge in [0.15, 0.2) is 11.5 Å². The molecule has 0 amide bonds. The zero-order valence-electron chi connectivity index (χ0n) is 15.2. The van der Waals surface area contributed by atoms with Gasteiger partial charge in [0, 0.05) is 29.8 Å². The Bertz CT molecular complexity index is 805. The Morgan fingerprint density at radius 3 is 2.68 bits per heavy atom. The first-order valence-electron chi connectivity index (χ1n) is 8.04. The van der Waals surface area contributed by atoms with Crippen molar-refractivity contribution in [1.82, 2.24) is 14.9 Å². The fraction of sp³-hybridized carbons (Fsp3) is 0.471. The van der Waals surface area contributed by atoms with Crippen LogP contribution < -0.4 is 15.6 Å². The third-order valence-electron chi connectivity index (χ3n) is 3.85. The van der Waals surface area contributed by atoms with Crippen LogP contribution in [0.25, 0.3) is 11.3 Å². The predicted molar refractivity (Wildman–Crippen MR) is 101 cm³/mol. The molecule has 2 aromatic rings. The molecule has 0 atom stereocenters. The van der Waals surface area contributed by atoms with Gasteiger partial charge < -0.3 is 15.3 Å². The highest BCUT2D eigenvalue weighted by Crippen LogP contribution is 2.34. The number of aromatic nitrogens is 3. The van der Waals surface area contributed by atoms with Crippen LogP contribution in [-0.2, 0) is 0 Å². The topological polar surface area (TPSA) is 89.3 Å². The molecule has 2 N–H and O–H groups in total. The molecular weight excluding hydrogens is 340 g/mol. The normalized spacial score (nSPS) is 11.0. The standard InChI is InChI=1S/C17H24N4O3S/c1-10(2)16-20-19-14(17(22)21(16)23)12-6-7-13(18-4)15(11(12)3)24-8-9-25-5/h6-7,10,18,23H,8-9H2,1-5H3. The van der Waals surface area contributed by atoms with Crippen LogP contribution in [0.4, 0.5) is 5.69 Å². The molecule has 0 bridgehead atoms. The van der Waals surface area contributed by atoms with E-state index in [2.05, 4.69) is 15.5 Å². The third-order valence-corrected chi connectivity index (χ3v) is 4.42. The van der Waals surface area contributed by atoms with Gasteiger partial charge in [-0.15, -0.1) is 14.9 Å². The molecule has 0 aliphatic heterocycles. The van der Waals surface area contributed by atoms with E-state index in [1.807, 2.05) is 40.1 Å². The highest BCUT2D eigenvalue weighted by Gasteiger charge is 2.19. The summed E-state index contributed by atoms with van der Waals surface area (Å²) in [5, 5.41) is 21.3. The molecule has 136 valence electrons. The second-order valence-corrected chi connectivity index (χ2v) is 6.87. The lowest BCUT2D eigenvalue weighted by Crippen LogP contribution is -2.27. The molecule has 1 heterocycles. The number of rotatable bonds is 7. The summed E-state index contributed by atoms with van der Waals surface area (Å²) in [6.07, 6.45) is 2.02. The van der Waals surface area contributed by atoms with Crippen LogP contribution in [0.5, 0.6) is 5.75 Å². The zero-order valence-corrected chi connectivity index (χ0v) is 16.0. The van der Waals surface area contributed by atoms with Gasteiger partial charge in [-0.25, -0.2) is 0 Å². The first kappa shape index (κ1) is 19.1. The lowest BCUT2D eigenvalue weighted by Gasteiger charge is -2.17. The van der Waals surface area contributed by atoms with Crippen molar-refractivity contribution in [2.45, 2.75) is 26.7 Å². The molecule has 25 heavy (non-hydrogen) atoms. The minimum atomic E-state index is -0.589. The van der Waals surface area contributed by atoms with Gasteiger partial charge in [0.2, 0.25) is 0 Å². The van der Waals surface area contributed by atoms with Crippen molar-refractivity contribution in [3.05, 3.63) is 33.9 Å². The van der Waals surface area contributed by atoms with Gasteiger partial charge in [0.25, 0.3) is 0 Å². The molecular formula is C17H24N4O3S. The summed E-state index contributed by atoms with van der Waals surface area (Å²) in [6.45, 7) is 6.09. The number of anilines is 1. The molecule has 0 fully saturated rings. The van der Waals surface area contributed by atoms with Gasteiger partial charge in [0.05, 0.1) is 12.3 Å². The van der Waals surface area contributed by atoms with Gasteiger partial charge in [-0.05, 0) is 25.3 Å². The molecule has 1 aromatic heterocycles. The van der Waals surface area contributed by atoms with Crippen LogP contribution in [0.2, 0.25) is 0 Å². The molecule has 0 aliphatic rings. The second-order valence-electron chi connectivity index (χ2n) is 5.88. The third kappa shape index (κ3) is 3.89. The lowest BCUT2D eigenvalue weighted by atomic mass is 10.0. The SMILES string of the molecule is CNc1ccc(-c2nnc(C(C)C)n(O)c2=O)c(C)c1OCCSC. The zero-order chi connectivity index (χ0) is 18.6. The highest BCUT2D eigenvalue weighted by atomic mass is 32.2. The molecule has 0 saturated carbocycles. The van der Waals surface area contributed by atoms with E-state index in [1.54, 1.807) is 17.8 Å². The van der Waals surface area contributed by atoms with E-state index in [4.69, 9.17) is 4.74 Å². The molecule has 2 rings (SSSR count). The summed E-state index contributed by atoms with van der Waals surface area (Å²) in [7, 11) is 1.81. The molecule has 0 saturated heterocycles. The molecule has 0 unspecified atom stereocenters. The number of thioether (sulfide) groups is 1. The van der Waals surface area contributed by atoms with Crippen LogP contribution >= 0.6 is 11.8 Å². The van der Waals surface area contributed by atoms with Crippen LogP contribution in [-0.4, -0.2) is 45.8 Å². The van der Waals surface area contributed by atoms with E-state index < -0.39 is 5.56 Å². The number of nitrogens with zero attached hydrogens (tertiary/aromatic N) is 3. The van der Waals surface area contributed by atoms with E-state index in [-0.39, 0.29) is 17.4 Å². The van der Waals surface area contributed by atoms with Crippen LogP contribution in [0.3, 0.4) is 0 Å². The monoisotopic (exact) mass is 364 g/mol. The van der Waals surface area contributed by atoms with Crippen molar-refractivity contribution >= 4 is 17.4 Å². The summed E-state index contributed by atoms with van der Waals surface area (Å²) in [4.78, 5) is 12.5. The van der Waals surface area contributed by atoms with Gasteiger partial charge in [-0.2, -0.15) is 11.8 Å². The van der Waals surface area contributed by atoms with E-state index in [9.17, 15) is 10.0 Å². The Labute approximate surface area is 151 Å². The summed E-state index contributed by atoms with van der Waals surface area (Å²) >= 11 is 1.70. The number of nitrogens with one attached hydrogen (secondary N) is 1. The Hall–Kier alpha value is -2.22. The quantitative estimate of drug-likeness (QED) is 0.577. The average molecular weight is 364 g/mol. The summed E-state index contributed by atoms with van der Waals surface area (Å²) in [6, 6.07) is 3.61. The van der Waals surface area contributed by atoms with Crippen molar-refractivity contribution in [2.24, 2.45) is 0 Å². The van der Waals surface area contributed by atoms with E-state index in [0.29, 0.717) is 22.7 Å². The van der Waals surface area contributed by atoms with Crippen molar-refractivity contribution in [2.75, 3.05) is 31.0 Å². The maximum Gasteiger partial charge on any atom is 0.312 e. The van der Waals surface area contributed by atoms with Gasteiger partial charge >= 0.3 is 5.56 Å². The number of hydrogen-bond donors (Lipinski definition) is 2. The number of benzene rings is 1. The smallest absolute Gasteiger partial charge is 0.312 e. The number of hydrogen-bond acceptors (Lipinski definition) is 7. The Balaban J connectivity index is 2.55. The molecule has 0 radical (unpaired) electrons. The summed E-state index contributed by atoms with van der Waals surface area (Å²) in [5.74, 6) is 1.65. The van der Waals surface area contributed by atoms with Crippen molar-refractivity contribution in [1.29, 1.82) is 0 Å². The van der Waals surface area contributed by atoms with Crippen molar-refractivity contribution in [3.8, 4) is 17.0 Å². The van der Waals surface area contributed by atoms with Crippen molar-refractivity contribution in [3.63, 3.8) is 0 Å². The first-order valence-corrected chi connectivity index (χ1v) is 9.44. The highest BCUT2D eigenvalue weighted by molar-refractivity contribution is 7.98. The van der Waals surface area contributed by atoms with Crippen LogP contribution in [0.1, 0.15) is 31.2 Å². The van der Waals surface area contributed by atoms with Gasteiger partial charge in [0.1, 0.15) is 5.75 Å². The molecule has 8 heteroatoms. The molecule has 0 spiro atoms. The number of ether oxygens (including phenoxy) is 1. The van der Waals surface area contributed by atoms with Crippen LogP contribution in [0.15, 0.2) is 16.9 Å². The molecule has 7 nitrogen and oxygen atoms in total. The Morgan fingerprint density at radius 2 is 2.08 bits per heavy atom. The average Bonchev–Trinajstić information content (AvgIpc) is 2.59. The second kappa shape index (κ2) is 8.24. The maximum absolute atomic E-state index is 12.5. The Kier molecular flexibility index (Phi) is 6.30. The summed E-state index contributed by atoms with van der Waals surface area (Å²) < 4.78 is 6.47. The van der Waals surface area contributed by atoms with E-state index in [1.165, 1.54) is 0 Å². The van der Waals surface area contributed by atoms with Gasteiger partial charge in [-0.3, -0.25) is 4.79 Å². The first-order chi connectivity index (χ1) is 11.9. The largest absolute Gasteiger partial charge is 0.490 e. The minimum absolute atomic E-state index is 0.0989. The maximum atomic E-state index is 12.5. The fourth-order valence-electron chi connectivity index (χ4n) is 2.48. The molecule has 1 aromatic carbocycles.